The number of rotatable bonds is 4. The molecule has 2 saturated carbocycles. The molecule has 4 fully saturated rings. The van der Waals surface area contributed by atoms with Gasteiger partial charge in [0.15, 0.2) is 0 Å². The fourth-order valence-corrected chi connectivity index (χ4v) is 4.94. The molecule has 9 heteroatoms. The van der Waals surface area contributed by atoms with Crippen LogP contribution >= 0.6 is 0 Å². The van der Waals surface area contributed by atoms with Crippen molar-refractivity contribution in [3.05, 3.63) is 29.8 Å². The van der Waals surface area contributed by atoms with E-state index in [-0.39, 0.29) is 0 Å². The second kappa shape index (κ2) is 5.95. The number of alkyl halides is 3. The molecule has 29 heavy (non-hydrogen) atoms. The molecule has 4 aliphatic rings. The van der Waals surface area contributed by atoms with Crippen LogP contribution < -0.4 is 5.73 Å². The molecule has 2 aromatic heterocycles. The van der Waals surface area contributed by atoms with Crippen molar-refractivity contribution in [1.29, 1.82) is 0 Å². The van der Waals surface area contributed by atoms with E-state index in [2.05, 4.69) is 14.5 Å². The lowest BCUT2D eigenvalue weighted by molar-refractivity contribution is -0.137. The van der Waals surface area contributed by atoms with Crippen molar-refractivity contribution in [1.82, 2.24) is 19.4 Å². The van der Waals surface area contributed by atoms with Crippen LogP contribution in [0.15, 0.2) is 18.5 Å². The molecule has 154 valence electrons. The Bertz CT molecular complexity index is 954. The van der Waals surface area contributed by atoms with Crippen LogP contribution in [0.25, 0.3) is 11.3 Å². The number of nitrogens with two attached hydrogens (primary N) is 1. The van der Waals surface area contributed by atoms with Gasteiger partial charge in [-0.2, -0.15) is 13.2 Å². The zero-order valence-electron chi connectivity index (χ0n) is 15.8. The normalized spacial score (nSPS) is 29.7. The van der Waals surface area contributed by atoms with Gasteiger partial charge in [0.25, 0.3) is 0 Å². The highest BCUT2D eigenvalue weighted by molar-refractivity contribution is 5.62. The molecule has 2 aromatic rings. The lowest BCUT2D eigenvalue weighted by Crippen LogP contribution is -2.49. The van der Waals surface area contributed by atoms with Gasteiger partial charge in [-0.05, 0) is 30.7 Å². The van der Waals surface area contributed by atoms with Crippen LogP contribution in [0, 0.1) is 11.8 Å². The van der Waals surface area contributed by atoms with Crippen molar-refractivity contribution in [3.8, 4) is 11.3 Å². The second-order valence-electron chi connectivity index (χ2n) is 8.78. The predicted molar refractivity (Wildman–Crippen MR) is 99.0 cm³/mol. The molecule has 0 aromatic carbocycles. The number of ether oxygens (including phenoxy) is 1. The van der Waals surface area contributed by atoms with Gasteiger partial charge >= 0.3 is 6.18 Å². The van der Waals surface area contributed by atoms with Crippen molar-refractivity contribution >= 4 is 5.82 Å². The number of pyridine rings is 1. The third-order valence-corrected chi connectivity index (χ3v) is 6.86. The average Bonchev–Trinajstić information content (AvgIpc) is 3.49. The van der Waals surface area contributed by atoms with E-state index >= 15 is 0 Å². The number of likely N-dealkylation sites (tertiary alicyclic amines) is 1. The first-order chi connectivity index (χ1) is 13.9. The Hall–Kier alpha value is -2.13. The van der Waals surface area contributed by atoms with Gasteiger partial charge in [0.05, 0.1) is 30.5 Å². The Labute approximate surface area is 165 Å². The van der Waals surface area contributed by atoms with Gasteiger partial charge in [0.2, 0.25) is 0 Å². The molecule has 2 aliphatic carbocycles. The summed E-state index contributed by atoms with van der Waals surface area (Å²) in [5, 5.41) is 0. The lowest BCUT2D eigenvalue weighted by atomic mass is 10.1. The predicted octanol–water partition coefficient (Wildman–Crippen LogP) is 2.93. The number of hydrogen-bond donors (Lipinski definition) is 1. The minimum atomic E-state index is -4.53. The number of anilines is 1. The van der Waals surface area contributed by atoms with Crippen molar-refractivity contribution in [2.24, 2.45) is 11.8 Å². The van der Waals surface area contributed by atoms with E-state index in [1.807, 2.05) is 6.20 Å². The van der Waals surface area contributed by atoms with Gasteiger partial charge in [0, 0.05) is 43.0 Å². The molecule has 2 N–H and O–H groups in total. The fourth-order valence-electron chi connectivity index (χ4n) is 4.94. The molecule has 6 rings (SSSR count). The second-order valence-corrected chi connectivity index (χ2v) is 8.78. The molecule has 3 atom stereocenters. The van der Waals surface area contributed by atoms with E-state index in [9.17, 15) is 13.2 Å². The summed E-state index contributed by atoms with van der Waals surface area (Å²) < 4.78 is 47.3. The van der Waals surface area contributed by atoms with Crippen molar-refractivity contribution in [2.45, 2.75) is 37.0 Å². The number of halogens is 3. The van der Waals surface area contributed by atoms with Crippen LogP contribution in [0.1, 0.15) is 36.2 Å². The first-order valence-corrected chi connectivity index (χ1v) is 10.1. The maximum Gasteiger partial charge on any atom is 0.419 e. The monoisotopic (exact) mass is 405 g/mol. The minimum Gasteiger partial charge on any atom is -0.383 e. The van der Waals surface area contributed by atoms with Gasteiger partial charge in [-0.3, -0.25) is 4.90 Å². The summed E-state index contributed by atoms with van der Waals surface area (Å²) in [5.74, 6) is 2.14. The Morgan fingerprint density at radius 3 is 2.45 bits per heavy atom. The molecule has 0 radical (unpaired) electrons. The largest absolute Gasteiger partial charge is 0.419 e. The number of imidazole rings is 1. The standard InChI is InChI=1S/C20H22F3N5O/c21-20(22,23)15-3-11(4-25-18(15)24)16-7-28(19(26-16)10-1-2-10)17-13-5-27(6-14(13)17)12-8-29-9-12/h3-4,7,10,12-14,17H,1-2,5-6,8-9H2,(H2,24,25)/t13-,14+,17-. The highest BCUT2D eigenvalue weighted by atomic mass is 19.4. The van der Waals surface area contributed by atoms with Gasteiger partial charge in [-0.1, -0.05) is 0 Å². The van der Waals surface area contributed by atoms with Gasteiger partial charge in [-0.15, -0.1) is 0 Å². The lowest BCUT2D eigenvalue weighted by Gasteiger charge is -2.36. The van der Waals surface area contributed by atoms with E-state index < -0.39 is 17.6 Å². The summed E-state index contributed by atoms with van der Waals surface area (Å²) in [7, 11) is 0. The number of nitrogens with zero attached hydrogens (tertiary/aromatic N) is 4. The summed E-state index contributed by atoms with van der Waals surface area (Å²) >= 11 is 0. The smallest absolute Gasteiger partial charge is 0.383 e. The maximum atomic E-state index is 13.2. The van der Waals surface area contributed by atoms with Crippen molar-refractivity contribution in [2.75, 3.05) is 32.0 Å². The van der Waals surface area contributed by atoms with E-state index in [4.69, 9.17) is 15.5 Å². The quantitative estimate of drug-likeness (QED) is 0.847. The third-order valence-electron chi connectivity index (χ3n) is 6.86. The van der Waals surface area contributed by atoms with E-state index in [0.29, 0.717) is 41.1 Å². The van der Waals surface area contributed by atoms with Gasteiger partial charge in [0.1, 0.15) is 11.6 Å². The molecular weight excluding hydrogens is 383 g/mol. The highest BCUT2D eigenvalue weighted by Crippen LogP contribution is 2.58. The summed E-state index contributed by atoms with van der Waals surface area (Å²) in [5.41, 5.74) is 5.47. The summed E-state index contributed by atoms with van der Waals surface area (Å²) in [6.45, 7) is 3.81. The van der Waals surface area contributed by atoms with Crippen LogP contribution in [0.2, 0.25) is 0 Å². The zero-order valence-corrected chi connectivity index (χ0v) is 15.8. The first kappa shape index (κ1) is 17.7. The molecule has 2 saturated heterocycles. The third kappa shape index (κ3) is 2.85. The van der Waals surface area contributed by atoms with Gasteiger partial charge < -0.3 is 15.0 Å². The maximum absolute atomic E-state index is 13.2. The Kier molecular flexibility index (Phi) is 3.63. The van der Waals surface area contributed by atoms with Crippen LogP contribution in [-0.2, 0) is 10.9 Å². The van der Waals surface area contributed by atoms with Crippen LogP contribution in [0.5, 0.6) is 0 Å². The van der Waals surface area contributed by atoms with E-state index in [0.717, 1.165) is 51.0 Å². The Morgan fingerprint density at radius 2 is 1.86 bits per heavy atom. The summed E-state index contributed by atoms with van der Waals surface area (Å²) in [4.78, 5) is 11.0. The number of hydrogen-bond acceptors (Lipinski definition) is 5. The topological polar surface area (TPSA) is 69.2 Å². The van der Waals surface area contributed by atoms with Crippen LogP contribution in [0.3, 0.4) is 0 Å². The van der Waals surface area contributed by atoms with Gasteiger partial charge in [-0.25, -0.2) is 9.97 Å². The molecule has 0 bridgehead atoms. The molecule has 0 spiro atoms. The average molecular weight is 405 g/mol. The first-order valence-electron chi connectivity index (χ1n) is 10.1. The molecular formula is C20H22F3N5O. The summed E-state index contributed by atoms with van der Waals surface area (Å²) in [6, 6.07) is 2.04. The van der Waals surface area contributed by atoms with Crippen molar-refractivity contribution in [3.63, 3.8) is 0 Å². The Balaban J connectivity index is 1.29. The molecule has 2 aliphatic heterocycles. The number of piperidine rings is 1. The molecule has 0 amide bonds. The minimum absolute atomic E-state index is 0.367. The SMILES string of the molecule is Nc1ncc(-c2cn([C@@H]3[C@@H]4CN(C5COC5)C[C@@H]43)c(C3CC3)n2)cc1C(F)(F)F. The van der Waals surface area contributed by atoms with Crippen molar-refractivity contribution < 1.29 is 17.9 Å². The fraction of sp³-hybridized carbons (Fsp3) is 0.600. The van der Waals surface area contributed by atoms with E-state index in [1.165, 1.54) is 6.20 Å². The molecule has 6 nitrogen and oxygen atoms in total. The van der Waals surface area contributed by atoms with E-state index in [1.54, 1.807) is 0 Å². The molecule has 4 heterocycles. The highest BCUT2D eigenvalue weighted by Gasteiger charge is 2.59. The number of aromatic nitrogens is 3. The van der Waals surface area contributed by atoms with Crippen LogP contribution in [-0.4, -0.2) is 51.8 Å². The summed E-state index contributed by atoms with van der Waals surface area (Å²) in [6.07, 6.45) is 0.980. The molecule has 0 unspecified atom stereocenters. The number of fused-ring (bicyclic) bond motifs is 1. The zero-order chi connectivity index (χ0) is 19.9. The number of nitrogen functional groups attached to an aromatic ring is 1. The Morgan fingerprint density at radius 1 is 1.14 bits per heavy atom. The van der Waals surface area contributed by atoms with Crippen LogP contribution in [0.4, 0.5) is 19.0 Å².